The minimum atomic E-state index is -4.95. The highest BCUT2D eigenvalue weighted by Gasteiger charge is 2.69. The Morgan fingerprint density at radius 3 is 2.25 bits per heavy atom. The standard InChI is InChI=1S/C19H16F3NO3S2/c1-11-4-6-12(7-5-11)28-18(19(20,21)22)14-9-8-13(27-3)10-15(14)23(16(18)24)17(25)26-2/h4-10H,1-3H3/t18-/m1/s1. The van der Waals surface area contributed by atoms with Crippen LogP contribution in [0.25, 0.3) is 0 Å². The van der Waals surface area contributed by atoms with Crippen molar-refractivity contribution in [1.82, 2.24) is 0 Å². The van der Waals surface area contributed by atoms with Crippen molar-refractivity contribution in [2.24, 2.45) is 0 Å². The van der Waals surface area contributed by atoms with Gasteiger partial charge in [-0.3, -0.25) is 4.79 Å². The van der Waals surface area contributed by atoms with Crippen LogP contribution in [0.5, 0.6) is 0 Å². The summed E-state index contributed by atoms with van der Waals surface area (Å²) in [5.74, 6) is -1.38. The summed E-state index contributed by atoms with van der Waals surface area (Å²) in [4.78, 5) is 26.6. The van der Waals surface area contributed by atoms with Crippen LogP contribution in [0, 0.1) is 6.92 Å². The van der Waals surface area contributed by atoms with Gasteiger partial charge in [0.05, 0.1) is 12.8 Å². The van der Waals surface area contributed by atoms with Gasteiger partial charge in [0.15, 0.2) is 0 Å². The Morgan fingerprint density at radius 1 is 1.11 bits per heavy atom. The summed E-state index contributed by atoms with van der Waals surface area (Å²) in [7, 11) is 1.02. The van der Waals surface area contributed by atoms with E-state index in [9.17, 15) is 22.8 Å². The van der Waals surface area contributed by atoms with Gasteiger partial charge in [-0.1, -0.05) is 35.5 Å². The summed E-state index contributed by atoms with van der Waals surface area (Å²) >= 11 is 1.67. The number of fused-ring (bicyclic) bond motifs is 1. The van der Waals surface area contributed by atoms with Crippen LogP contribution in [0.15, 0.2) is 52.3 Å². The lowest BCUT2D eigenvalue weighted by Gasteiger charge is -2.30. The van der Waals surface area contributed by atoms with Crippen LogP contribution in [-0.2, 0) is 14.3 Å². The van der Waals surface area contributed by atoms with Crippen LogP contribution in [0.2, 0.25) is 0 Å². The molecule has 1 heterocycles. The minimum absolute atomic E-state index is 0.111. The lowest BCUT2D eigenvalue weighted by molar-refractivity contribution is -0.169. The number of methoxy groups -OCH3 is 1. The average molecular weight is 427 g/mol. The molecule has 2 aromatic rings. The molecule has 0 saturated carbocycles. The topological polar surface area (TPSA) is 46.6 Å². The van der Waals surface area contributed by atoms with Crippen LogP contribution in [0.4, 0.5) is 23.7 Å². The smallest absolute Gasteiger partial charge is 0.421 e. The Hall–Kier alpha value is -2.13. The van der Waals surface area contributed by atoms with Gasteiger partial charge in [0.25, 0.3) is 5.91 Å². The van der Waals surface area contributed by atoms with Gasteiger partial charge in [0, 0.05) is 15.4 Å². The fraction of sp³-hybridized carbons (Fsp3) is 0.263. The maximum absolute atomic E-state index is 14.4. The van der Waals surface area contributed by atoms with E-state index in [0.29, 0.717) is 21.6 Å². The molecule has 9 heteroatoms. The molecule has 0 N–H and O–H groups in total. The number of rotatable bonds is 3. The predicted octanol–water partition coefficient (Wildman–Crippen LogP) is 5.38. The minimum Gasteiger partial charge on any atom is -0.452 e. The first-order chi connectivity index (χ1) is 13.2. The molecular formula is C19H16F3NO3S2. The number of aryl methyl sites for hydroxylation is 1. The van der Waals surface area contributed by atoms with Crippen molar-refractivity contribution >= 4 is 41.2 Å². The lowest BCUT2D eigenvalue weighted by atomic mass is 9.99. The van der Waals surface area contributed by atoms with E-state index in [4.69, 9.17) is 0 Å². The van der Waals surface area contributed by atoms with Crippen molar-refractivity contribution < 1.29 is 27.5 Å². The number of hydrogen-bond acceptors (Lipinski definition) is 5. The first-order valence-electron chi connectivity index (χ1n) is 8.09. The molecular weight excluding hydrogens is 411 g/mol. The summed E-state index contributed by atoms with van der Waals surface area (Å²) in [5, 5.41) is 0. The molecule has 28 heavy (non-hydrogen) atoms. The van der Waals surface area contributed by atoms with E-state index < -0.39 is 22.9 Å². The third-order valence-electron chi connectivity index (χ3n) is 4.38. The fourth-order valence-electron chi connectivity index (χ4n) is 2.99. The molecule has 0 aromatic heterocycles. The molecule has 0 fully saturated rings. The first-order valence-corrected chi connectivity index (χ1v) is 10.1. The SMILES string of the molecule is COC(=O)N1C(=O)[C@@](Sc2ccc(C)cc2)(C(F)(F)F)c2ccc(SC)cc21. The molecule has 2 aromatic carbocycles. The van der Waals surface area contributed by atoms with Crippen molar-refractivity contribution in [1.29, 1.82) is 0 Å². The van der Waals surface area contributed by atoms with Crippen LogP contribution in [0.3, 0.4) is 0 Å². The highest BCUT2D eigenvalue weighted by molar-refractivity contribution is 8.01. The maximum Gasteiger partial charge on any atom is 0.421 e. The summed E-state index contributed by atoms with van der Waals surface area (Å²) in [6.45, 7) is 1.81. The number of hydrogen-bond donors (Lipinski definition) is 0. The Bertz CT molecular complexity index is 931. The van der Waals surface area contributed by atoms with E-state index in [0.717, 1.165) is 12.7 Å². The number of carbonyl (C=O) groups excluding carboxylic acids is 2. The number of ether oxygens (including phenoxy) is 1. The van der Waals surface area contributed by atoms with Gasteiger partial charge < -0.3 is 4.74 Å². The molecule has 1 atom stereocenters. The first kappa shape index (κ1) is 20.6. The van der Waals surface area contributed by atoms with Gasteiger partial charge in [-0.15, -0.1) is 11.8 Å². The van der Waals surface area contributed by atoms with Crippen LogP contribution in [-0.4, -0.2) is 31.5 Å². The molecule has 0 bridgehead atoms. The molecule has 0 unspecified atom stereocenters. The van der Waals surface area contributed by atoms with Crippen molar-refractivity contribution in [3.63, 3.8) is 0 Å². The number of nitrogens with zero attached hydrogens (tertiary/aromatic N) is 1. The van der Waals surface area contributed by atoms with Crippen LogP contribution >= 0.6 is 23.5 Å². The maximum atomic E-state index is 14.4. The highest BCUT2D eigenvalue weighted by atomic mass is 32.2. The van der Waals surface area contributed by atoms with Gasteiger partial charge in [0.2, 0.25) is 4.75 Å². The molecule has 4 nitrogen and oxygen atoms in total. The van der Waals surface area contributed by atoms with Crippen molar-refractivity contribution in [2.45, 2.75) is 27.6 Å². The van der Waals surface area contributed by atoms with Gasteiger partial charge in [0.1, 0.15) is 0 Å². The number of anilines is 1. The van der Waals surface area contributed by atoms with Crippen molar-refractivity contribution in [3.8, 4) is 0 Å². The Kier molecular flexibility index (Phi) is 5.42. The molecule has 3 rings (SSSR count). The lowest BCUT2D eigenvalue weighted by Crippen LogP contribution is -2.49. The van der Waals surface area contributed by atoms with Gasteiger partial charge in [-0.25, -0.2) is 9.69 Å². The van der Waals surface area contributed by atoms with Gasteiger partial charge in [-0.2, -0.15) is 13.2 Å². The summed E-state index contributed by atoms with van der Waals surface area (Å²) in [6, 6.07) is 10.6. The van der Waals surface area contributed by atoms with E-state index in [1.165, 1.54) is 42.1 Å². The Morgan fingerprint density at radius 2 is 1.71 bits per heavy atom. The number of thioether (sulfide) groups is 2. The molecule has 0 spiro atoms. The van der Waals surface area contributed by atoms with E-state index in [2.05, 4.69) is 4.74 Å². The predicted molar refractivity (Wildman–Crippen MR) is 103 cm³/mol. The largest absolute Gasteiger partial charge is 0.452 e. The van der Waals surface area contributed by atoms with E-state index >= 15 is 0 Å². The number of carbonyl (C=O) groups is 2. The molecule has 2 amide bonds. The number of alkyl halides is 3. The molecule has 1 aliphatic rings. The number of imide groups is 1. The van der Waals surface area contributed by atoms with Gasteiger partial charge >= 0.3 is 12.3 Å². The zero-order valence-electron chi connectivity index (χ0n) is 15.2. The van der Waals surface area contributed by atoms with Gasteiger partial charge in [-0.05, 0) is 37.4 Å². The number of benzene rings is 2. The monoisotopic (exact) mass is 427 g/mol. The summed E-state index contributed by atoms with van der Waals surface area (Å²) < 4.78 is 44.9. The second kappa shape index (κ2) is 7.36. The summed E-state index contributed by atoms with van der Waals surface area (Å²) in [5.41, 5.74) is 0.490. The molecule has 148 valence electrons. The molecule has 1 aliphatic heterocycles. The third kappa shape index (κ3) is 3.16. The van der Waals surface area contributed by atoms with E-state index in [1.54, 1.807) is 18.4 Å². The van der Waals surface area contributed by atoms with Crippen LogP contribution < -0.4 is 4.90 Å². The normalized spacial score (nSPS) is 18.9. The van der Waals surface area contributed by atoms with Crippen LogP contribution in [0.1, 0.15) is 11.1 Å². The number of amides is 2. The van der Waals surface area contributed by atoms with Crippen molar-refractivity contribution in [3.05, 3.63) is 53.6 Å². The summed E-state index contributed by atoms with van der Waals surface area (Å²) in [6.07, 6.45) is -4.35. The molecule has 0 saturated heterocycles. The van der Waals surface area contributed by atoms with Crippen molar-refractivity contribution in [2.75, 3.05) is 18.3 Å². The molecule has 0 radical (unpaired) electrons. The van der Waals surface area contributed by atoms with E-state index in [1.807, 2.05) is 6.92 Å². The highest BCUT2D eigenvalue weighted by Crippen LogP contribution is 2.60. The second-order valence-electron chi connectivity index (χ2n) is 6.09. The molecule has 0 aliphatic carbocycles. The average Bonchev–Trinajstić information content (AvgIpc) is 2.91. The zero-order valence-corrected chi connectivity index (χ0v) is 16.8. The second-order valence-corrected chi connectivity index (χ2v) is 8.26. The Balaban J connectivity index is 2.26. The zero-order chi connectivity index (χ0) is 20.7. The van der Waals surface area contributed by atoms with E-state index in [-0.39, 0.29) is 16.1 Å². The Labute approximate surface area is 168 Å². The quantitative estimate of drug-likeness (QED) is 0.616. The third-order valence-corrected chi connectivity index (χ3v) is 6.54. The number of halogens is 3. The fourth-order valence-corrected chi connectivity index (χ4v) is 4.63.